The van der Waals surface area contributed by atoms with Crippen LogP contribution in [0.3, 0.4) is 0 Å². The third-order valence-corrected chi connectivity index (χ3v) is 4.74. The molecule has 0 radical (unpaired) electrons. The number of amides is 2. The zero-order valence-corrected chi connectivity index (χ0v) is 17.4. The van der Waals surface area contributed by atoms with Gasteiger partial charge in [0.1, 0.15) is 22.9 Å². The molecular weight excluding hydrogens is 378 g/mol. The van der Waals surface area contributed by atoms with E-state index in [0.29, 0.717) is 42.3 Å². The van der Waals surface area contributed by atoms with Crippen LogP contribution in [0.15, 0.2) is 42.5 Å². The highest BCUT2D eigenvalue weighted by Gasteiger charge is 2.13. The Hall–Kier alpha value is -3.79. The van der Waals surface area contributed by atoms with E-state index in [0.717, 1.165) is 22.0 Å². The van der Waals surface area contributed by atoms with Crippen molar-refractivity contribution in [1.82, 2.24) is 5.32 Å². The Morgan fingerprint density at radius 2 is 2.00 bits per heavy atom. The quantitative estimate of drug-likeness (QED) is 0.522. The largest absolute Gasteiger partial charge is 0.497 e. The van der Waals surface area contributed by atoms with Crippen LogP contribution in [0.5, 0.6) is 5.75 Å². The number of aromatic amines is 1. The molecule has 4 N–H and O–H groups in total. The predicted octanol–water partition coefficient (Wildman–Crippen LogP) is 3.77. The maximum atomic E-state index is 12.0. The molecule has 0 atom stereocenters. The summed E-state index contributed by atoms with van der Waals surface area (Å²) in [5, 5.41) is 19.4. The number of aryl methyl sites for hydroxylation is 2. The Bertz CT molecular complexity index is 1100. The highest BCUT2D eigenvalue weighted by molar-refractivity contribution is 5.89. The Kier molecular flexibility index (Phi) is 6.71. The highest BCUT2D eigenvalue weighted by atomic mass is 16.5. The van der Waals surface area contributed by atoms with Crippen LogP contribution in [-0.4, -0.2) is 26.2 Å². The number of carbonyl (C=O) groups excluding carboxylic acids is 1. The third-order valence-electron chi connectivity index (χ3n) is 4.74. The fourth-order valence-corrected chi connectivity index (χ4v) is 3.30. The van der Waals surface area contributed by atoms with Crippen molar-refractivity contribution in [2.45, 2.75) is 20.3 Å². The average Bonchev–Trinajstić information content (AvgIpc) is 2.73. The van der Waals surface area contributed by atoms with E-state index in [1.807, 2.05) is 32.0 Å². The van der Waals surface area contributed by atoms with E-state index in [4.69, 9.17) is 4.74 Å². The molecule has 0 bridgehead atoms. The van der Waals surface area contributed by atoms with Crippen LogP contribution < -0.4 is 25.7 Å². The molecule has 0 saturated carbocycles. The molecule has 0 aliphatic rings. The van der Waals surface area contributed by atoms with Gasteiger partial charge in [-0.2, -0.15) is 5.26 Å². The van der Waals surface area contributed by atoms with Crippen molar-refractivity contribution >= 4 is 28.4 Å². The van der Waals surface area contributed by atoms with Crippen molar-refractivity contribution in [2.24, 2.45) is 0 Å². The molecule has 3 aromatic rings. The molecular formula is C23H26N5O2+. The summed E-state index contributed by atoms with van der Waals surface area (Å²) in [7, 11) is 1.58. The number of anilines is 2. The molecule has 0 spiro atoms. The molecule has 7 heteroatoms. The summed E-state index contributed by atoms with van der Waals surface area (Å²) in [4.78, 5) is 15.3. The van der Waals surface area contributed by atoms with Crippen molar-refractivity contribution < 1.29 is 14.5 Å². The van der Waals surface area contributed by atoms with Gasteiger partial charge in [-0.3, -0.25) is 5.32 Å². The van der Waals surface area contributed by atoms with Crippen LogP contribution in [0, 0.1) is 25.2 Å². The standard InChI is InChI=1S/C23H25N5O2/c1-15-10-16(2)20-12-17(14-24)22(28-21(20)11-15)25-8-5-9-26-23(29)27-18-6-4-7-19(13-18)30-3/h4,6-7,10-13H,5,8-9H2,1-3H3,(H,25,28)(H2,26,27,29)/p+1. The number of hydrogen-bond acceptors (Lipinski definition) is 4. The smallest absolute Gasteiger partial charge is 0.319 e. The monoisotopic (exact) mass is 404 g/mol. The van der Waals surface area contributed by atoms with Crippen molar-refractivity contribution in [3.05, 3.63) is 59.2 Å². The normalized spacial score (nSPS) is 10.3. The van der Waals surface area contributed by atoms with Crippen molar-refractivity contribution in [3.63, 3.8) is 0 Å². The first-order valence-electron chi connectivity index (χ1n) is 9.80. The molecule has 154 valence electrons. The SMILES string of the molecule is COc1cccc(NC(=O)NCCCNc2[nH+]c3cc(C)cc(C)c3cc2C#N)c1. The zero-order chi connectivity index (χ0) is 21.5. The number of nitrogens with zero attached hydrogens (tertiary/aromatic N) is 1. The van der Waals surface area contributed by atoms with E-state index >= 15 is 0 Å². The number of nitrogens with one attached hydrogen (secondary N) is 4. The Balaban J connectivity index is 1.52. The summed E-state index contributed by atoms with van der Waals surface area (Å²) < 4.78 is 5.14. The lowest BCUT2D eigenvalue weighted by atomic mass is 10.0. The number of ether oxygens (including phenoxy) is 1. The minimum Gasteiger partial charge on any atom is -0.497 e. The van der Waals surface area contributed by atoms with Gasteiger partial charge >= 0.3 is 6.03 Å². The maximum absolute atomic E-state index is 12.0. The van der Waals surface area contributed by atoms with Crippen LogP contribution in [0.25, 0.3) is 10.9 Å². The molecule has 0 aliphatic heterocycles. The fraction of sp³-hybridized carbons (Fsp3) is 0.261. The van der Waals surface area contributed by atoms with Gasteiger partial charge in [-0.15, -0.1) is 0 Å². The molecule has 0 aliphatic carbocycles. The van der Waals surface area contributed by atoms with Crippen molar-refractivity contribution in [3.8, 4) is 11.8 Å². The highest BCUT2D eigenvalue weighted by Crippen LogP contribution is 2.21. The van der Waals surface area contributed by atoms with Gasteiger partial charge in [-0.1, -0.05) is 12.1 Å². The molecule has 2 amide bonds. The Morgan fingerprint density at radius 3 is 2.77 bits per heavy atom. The summed E-state index contributed by atoms with van der Waals surface area (Å²) in [6.07, 6.45) is 0.703. The average molecular weight is 404 g/mol. The predicted molar refractivity (Wildman–Crippen MR) is 118 cm³/mol. The molecule has 3 rings (SSSR count). The van der Waals surface area contributed by atoms with E-state index in [1.165, 1.54) is 0 Å². The number of nitriles is 1. The lowest BCUT2D eigenvalue weighted by molar-refractivity contribution is -0.327. The molecule has 0 unspecified atom stereocenters. The number of carbonyl (C=O) groups is 1. The molecule has 30 heavy (non-hydrogen) atoms. The van der Waals surface area contributed by atoms with Gasteiger partial charge in [-0.25, -0.2) is 9.78 Å². The topological polar surface area (TPSA) is 100 Å². The second-order valence-electron chi connectivity index (χ2n) is 7.11. The number of urea groups is 1. The molecule has 0 fully saturated rings. The summed E-state index contributed by atoms with van der Waals surface area (Å²) in [5.41, 5.74) is 4.52. The molecule has 1 heterocycles. The second-order valence-corrected chi connectivity index (χ2v) is 7.11. The van der Waals surface area contributed by atoms with Crippen LogP contribution in [-0.2, 0) is 0 Å². The minimum absolute atomic E-state index is 0.274. The third kappa shape index (κ3) is 5.17. The number of fused-ring (bicyclic) bond motifs is 1. The van der Waals surface area contributed by atoms with Gasteiger partial charge in [0.2, 0.25) is 0 Å². The second kappa shape index (κ2) is 9.61. The number of aromatic nitrogens is 1. The zero-order valence-electron chi connectivity index (χ0n) is 17.4. The Labute approximate surface area is 176 Å². The maximum Gasteiger partial charge on any atom is 0.319 e. The number of hydrogen-bond donors (Lipinski definition) is 3. The molecule has 1 aromatic heterocycles. The van der Waals surface area contributed by atoms with Crippen molar-refractivity contribution in [2.75, 3.05) is 30.8 Å². The van der Waals surface area contributed by atoms with Gasteiger partial charge in [0, 0.05) is 30.1 Å². The van der Waals surface area contributed by atoms with E-state index in [2.05, 4.69) is 39.1 Å². The van der Waals surface area contributed by atoms with Gasteiger partial charge < -0.3 is 15.4 Å². The van der Waals surface area contributed by atoms with Crippen LogP contribution >= 0.6 is 0 Å². The van der Waals surface area contributed by atoms with E-state index in [-0.39, 0.29) is 6.03 Å². The van der Waals surface area contributed by atoms with Crippen LogP contribution in [0.1, 0.15) is 23.1 Å². The summed E-state index contributed by atoms with van der Waals surface area (Å²) in [6.45, 7) is 5.20. The molecule has 2 aromatic carbocycles. The number of rotatable bonds is 7. The number of benzene rings is 2. The van der Waals surface area contributed by atoms with Crippen molar-refractivity contribution in [1.29, 1.82) is 5.26 Å². The fourth-order valence-electron chi connectivity index (χ4n) is 3.30. The van der Waals surface area contributed by atoms with Crippen LogP contribution in [0.2, 0.25) is 0 Å². The summed E-state index contributed by atoms with van der Waals surface area (Å²) in [5.74, 6) is 1.37. The number of pyridine rings is 1. The van der Waals surface area contributed by atoms with E-state index < -0.39 is 0 Å². The van der Waals surface area contributed by atoms with Gasteiger partial charge in [0.05, 0.1) is 13.7 Å². The number of methoxy groups -OCH3 is 1. The first kappa shape index (κ1) is 20.9. The van der Waals surface area contributed by atoms with Gasteiger partial charge in [-0.05, 0) is 49.2 Å². The lowest BCUT2D eigenvalue weighted by Gasteiger charge is -2.09. The van der Waals surface area contributed by atoms with E-state index in [1.54, 1.807) is 19.2 Å². The summed E-state index contributed by atoms with van der Waals surface area (Å²) >= 11 is 0. The van der Waals surface area contributed by atoms with Crippen LogP contribution in [0.4, 0.5) is 16.3 Å². The molecule has 7 nitrogen and oxygen atoms in total. The summed E-state index contributed by atoms with van der Waals surface area (Å²) in [6, 6.07) is 15.2. The lowest BCUT2D eigenvalue weighted by Crippen LogP contribution is -2.30. The van der Waals surface area contributed by atoms with Gasteiger partial charge in [0.25, 0.3) is 5.82 Å². The first-order chi connectivity index (χ1) is 14.5. The Morgan fingerprint density at radius 1 is 1.17 bits per heavy atom. The van der Waals surface area contributed by atoms with E-state index in [9.17, 15) is 10.1 Å². The first-order valence-corrected chi connectivity index (χ1v) is 9.80. The minimum atomic E-state index is -0.274. The molecule has 0 saturated heterocycles. The number of H-pyrrole nitrogens is 1. The van der Waals surface area contributed by atoms with Gasteiger partial charge in [0.15, 0.2) is 0 Å².